The average Bonchev–Trinajstić information content (AvgIpc) is 2.70. The first-order valence-corrected chi connectivity index (χ1v) is 8.81. The summed E-state index contributed by atoms with van der Waals surface area (Å²) in [6, 6.07) is 8.08. The van der Waals surface area contributed by atoms with Gasteiger partial charge in [-0.2, -0.15) is 0 Å². The van der Waals surface area contributed by atoms with Crippen LogP contribution in [-0.4, -0.2) is 6.54 Å². The number of thiophene rings is 1. The molecule has 1 unspecified atom stereocenters. The molecule has 19 heavy (non-hydrogen) atoms. The molecular weight excluding hydrogens is 433 g/mol. The zero-order valence-electron chi connectivity index (χ0n) is 10.0. The van der Waals surface area contributed by atoms with Crippen LogP contribution in [0.5, 0.6) is 0 Å². The Morgan fingerprint density at radius 2 is 1.95 bits per heavy atom. The summed E-state index contributed by atoms with van der Waals surface area (Å²) in [5.74, 6) is 0. The fourth-order valence-electron chi connectivity index (χ4n) is 1.78. The van der Waals surface area contributed by atoms with Gasteiger partial charge in [0.1, 0.15) is 0 Å². The summed E-state index contributed by atoms with van der Waals surface area (Å²) >= 11 is 20.8. The van der Waals surface area contributed by atoms with Crippen LogP contribution in [-0.2, 0) is 0 Å². The maximum absolute atomic E-state index is 6.18. The van der Waals surface area contributed by atoms with Crippen molar-refractivity contribution in [3.63, 3.8) is 0 Å². The van der Waals surface area contributed by atoms with Gasteiger partial charge in [0.25, 0.3) is 0 Å². The van der Waals surface area contributed by atoms with Crippen LogP contribution in [0.3, 0.4) is 0 Å². The normalized spacial score (nSPS) is 12.7. The molecule has 1 N–H and O–H groups in total. The molecule has 0 radical (unpaired) electrons. The highest BCUT2D eigenvalue weighted by molar-refractivity contribution is 9.11. The quantitative estimate of drug-likeness (QED) is 0.586. The monoisotopic (exact) mass is 441 g/mol. The van der Waals surface area contributed by atoms with Crippen LogP contribution < -0.4 is 5.32 Å². The van der Waals surface area contributed by atoms with E-state index in [1.54, 1.807) is 11.3 Å². The van der Waals surface area contributed by atoms with E-state index in [9.17, 15) is 0 Å². The van der Waals surface area contributed by atoms with E-state index in [1.807, 2.05) is 18.2 Å². The van der Waals surface area contributed by atoms with Crippen LogP contribution in [0.1, 0.15) is 23.4 Å². The minimum atomic E-state index is 0.101. The molecule has 0 fully saturated rings. The van der Waals surface area contributed by atoms with Crippen molar-refractivity contribution in [3.8, 4) is 0 Å². The van der Waals surface area contributed by atoms with E-state index >= 15 is 0 Å². The Balaban J connectivity index is 2.41. The third-order valence-electron chi connectivity index (χ3n) is 2.63. The van der Waals surface area contributed by atoms with Crippen molar-refractivity contribution in [3.05, 3.63) is 53.0 Å². The van der Waals surface area contributed by atoms with Gasteiger partial charge in [-0.3, -0.25) is 0 Å². The molecule has 6 heteroatoms. The fourth-order valence-corrected chi connectivity index (χ4v) is 4.07. The minimum absolute atomic E-state index is 0.101. The van der Waals surface area contributed by atoms with Gasteiger partial charge < -0.3 is 5.32 Å². The summed E-state index contributed by atoms with van der Waals surface area (Å²) < 4.78 is 1.86. The van der Waals surface area contributed by atoms with Gasteiger partial charge in [-0.15, -0.1) is 11.3 Å². The standard InChI is InChI=1S/C13H11Br2Cl2NS/c1-2-18-12(11-6-10(17)13(15)19-11)7-3-4-8(14)9(16)5-7/h3-6,12,18H,2H2,1H3. The Morgan fingerprint density at radius 1 is 1.21 bits per heavy atom. The van der Waals surface area contributed by atoms with Gasteiger partial charge >= 0.3 is 0 Å². The maximum Gasteiger partial charge on any atom is 0.0888 e. The number of benzene rings is 1. The molecule has 0 bridgehead atoms. The predicted octanol–water partition coefficient (Wildman–Crippen LogP) is 6.28. The third-order valence-corrected chi connectivity index (χ3v) is 6.41. The summed E-state index contributed by atoms with van der Waals surface area (Å²) in [6.45, 7) is 2.95. The maximum atomic E-state index is 6.18. The van der Waals surface area contributed by atoms with Crippen molar-refractivity contribution in [1.82, 2.24) is 5.32 Å². The SMILES string of the molecule is CCNC(c1ccc(Br)c(Cl)c1)c1cc(Cl)c(Br)s1. The van der Waals surface area contributed by atoms with Crippen molar-refractivity contribution in [2.75, 3.05) is 6.54 Å². The van der Waals surface area contributed by atoms with E-state index in [-0.39, 0.29) is 6.04 Å². The first-order chi connectivity index (χ1) is 9.02. The highest BCUT2D eigenvalue weighted by Crippen LogP contribution is 2.38. The first kappa shape index (κ1) is 15.8. The summed E-state index contributed by atoms with van der Waals surface area (Å²) in [7, 11) is 0. The van der Waals surface area contributed by atoms with Crippen molar-refractivity contribution in [2.24, 2.45) is 0 Å². The Hall–Kier alpha value is 0.420. The van der Waals surface area contributed by atoms with E-state index in [0.29, 0.717) is 5.02 Å². The van der Waals surface area contributed by atoms with Crippen LogP contribution in [0.25, 0.3) is 0 Å². The average molecular weight is 444 g/mol. The van der Waals surface area contributed by atoms with Gasteiger partial charge in [0.15, 0.2) is 0 Å². The van der Waals surface area contributed by atoms with Crippen LogP contribution >= 0.6 is 66.4 Å². The third kappa shape index (κ3) is 3.74. The van der Waals surface area contributed by atoms with Crippen LogP contribution in [0.4, 0.5) is 0 Å². The first-order valence-electron chi connectivity index (χ1n) is 5.66. The van der Waals surface area contributed by atoms with Crippen molar-refractivity contribution in [2.45, 2.75) is 13.0 Å². The number of halogens is 4. The number of hydrogen-bond acceptors (Lipinski definition) is 2. The largest absolute Gasteiger partial charge is 0.306 e. The van der Waals surface area contributed by atoms with E-state index < -0.39 is 0 Å². The van der Waals surface area contributed by atoms with Gasteiger partial charge in [0.2, 0.25) is 0 Å². The molecule has 0 aliphatic rings. The van der Waals surface area contributed by atoms with Crippen molar-refractivity contribution in [1.29, 1.82) is 0 Å². The molecule has 2 aromatic rings. The lowest BCUT2D eigenvalue weighted by molar-refractivity contribution is 0.639. The van der Waals surface area contributed by atoms with E-state index in [4.69, 9.17) is 23.2 Å². The number of rotatable bonds is 4. The highest BCUT2D eigenvalue weighted by atomic mass is 79.9. The lowest BCUT2D eigenvalue weighted by Crippen LogP contribution is -2.21. The summed E-state index contributed by atoms with van der Waals surface area (Å²) in [4.78, 5) is 1.16. The second-order valence-electron chi connectivity index (χ2n) is 3.93. The molecule has 1 nitrogen and oxygen atoms in total. The molecule has 0 saturated heterocycles. The van der Waals surface area contributed by atoms with E-state index in [2.05, 4.69) is 50.2 Å². The molecular formula is C13H11Br2Cl2NS. The second kappa shape index (κ2) is 6.92. The summed E-state index contributed by atoms with van der Waals surface area (Å²) in [6.07, 6.45) is 0. The Labute approximate surface area is 143 Å². The zero-order valence-corrected chi connectivity index (χ0v) is 15.5. The topological polar surface area (TPSA) is 12.0 Å². The van der Waals surface area contributed by atoms with Crippen LogP contribution in [0, 0.1) is 0 Å². The van der Waals surface area contributed by atoms with Gasteiger partial charge in [-0.1, -0.05) is 36.2 Å². The smallest absolute Gasteiger partial charge is 0.0888 e. The number of hydrogen-bond donors (Lipinski definition) is 1. The van der Waals surface area contributed by atoms with Crippen molar-refractivity contribution < 1.29 is 0 Å². The van der Waals surface area contributed by atoms with Crippen LogP contribution in [0.15, 0.2) is 32.5 Å². The summed E-state index contributed by atoms with van der Waals surface area (Å²) in [5, 5.41) is 4.91. The molecule has 1 aromatic carbocycles. The molecule has 1 heterocycles. The van der Waals surface area contributed by atoms with Gasteiger partial charge in [-0.25, -0.2) is 0 Å². The Kier molecular flexibility index (Phi) is 5.76. The predicted molar refractivity (Wildman–Crippen MR) is 91.7 cm³/mol. The van der Waals surface area contributed by atoms with Gasteiger partial charge in [0.05, 0.1) is 19.9 Å². The van der Waals surface area contributed by atoms with E-state index in [1.165, 1.54) is 0 Å². The molecule has 0 aliphatic carbocycles. The fraction of sp³-hybridized carbons (Fsp3) is 0.231. The molecule has 0 saturated carbocycles. The molecule has 1 aromatic heterocycles. The molecule has 2 rings (SSSR count). The lowest BCUT2D eigenvalue weighted by atomic mass is 10.1. The molecule has 0 aliphatic heterocycles. The minimum Gasteiger partial charge on any atom is -0.306 e. The second-order valence-corrected chi connectivity index (χ2v) is 8.01. The molecule has 1 atom stereocenters. The Bertz CT molecular complexity index is 567. The van der Waals surface area contributed by atoms with Gasteiger partial charge in [0, 0.05) is 9.35 Å². The molecule has 0 spiro atoms. The van der Waals surface area contributed by atoms with Gasteiger partial charge in [-0.05, 0) is 62.2 Å². The zero-order chi connectivity index (χ0) is 14.0. The molecule has 102 valence electrons. The van der Waals surface area contributed by atoms with Crippen LogP contribution in [0.2, 0.25) is 10.0 Å². The summed E-state index contributed by atoms with van der Waals surface area (Å²) in [5.41, 5.74) is 1.13. The number of nitrogens with one attached hydrogen (secondary N) is 1. The van der Waals surface area contributed by atoms with E-state index in [0.717, 1.165) is 30.3 Å². The lowest BCUT2D eigenvalue weighted by Gasteiger charge is -2.17. The Morgan fingerprint density at radius 3 is 2.47 bits per heavy atom. The highest BCUT2D eigenvalue weighted by Gasteiger charge is 2.18. The molecule has 0 amide bonds. The van der Waals surface area contributed by atoms with Crippen molar-refractivity contribution >= 4 is 66.4 Å².